The zero-order valence-electron chi connectivity index (χ0n) is 13.9. The average Bonchev–Trinajstić information content (AvgIpc) is 2.68. The fourth-order valence-electron chi connectivity index (χ4n) is 2.48. The topological polar surface area (TPSA) is 113 Å². The maximum atomic E-state index is 12.8. The Labute approximate surface area is 155 Å². The lowest BCUT2D eigenvalue weighted by Gasteiger charge is -2.12. The van der Waals surface area contributed by atoms with E-state index in [1.807, 2.05) is 10.8 Å². The van der Waals surface area contributed by atoms with Gasteiger partial charge < -0.3 is 5.11 Å². The average molecular weight is 382 g/mol. The number of aromatic nitrogens is 1. The quantitative estimate of drug-likeness (QED) is 0.701. The first kappa shape index (κ1) is 18.3. The van der Waals surface area contributed by atoms with Crippen molar-refractivity contribution in [2.24, 2.45) is 0 Å². The van der Waals surface area contributed by atoms with Crippen molar-refractivity contribution in [1.82, 2.24) is 9.71 Å². The van der Waals surface area contributed by atoms with Gasteiger partial charge in [0.1, 0.15) is 5.69 Å². The van der Waals surface area contributed by atoms with Crippen molar-refractivity contribution in [3.8, 4) is 11.1 Å². The molecule has 1 aromatic heterocycles. The van der Waals surface area contributed by atoms with E-state index in [-0.39, 0.29) is 16.2 Å². The summed E-state index contributed by atoms with van der Waals surface area (Å²) in [6.07, 6.45) is 1.13. The molecule has 0 radical (unpaired) electrons. The molecule has 0 fully saturated rings. The normalized spacial score (nSPS) is 11.0. The Hall–Kier alpha value is -3.52. The lowest BCUT2D eigenvalue weighted by Crippen LogP contribution is -2.31. The number of nitrogens with one attached hydrogen (secondary N) is 1. The highest BCUT2D eigenvalue weighted by molar-refractivity contribution is 7.90. The predicted octanol–water partition coefficient (Wildman–Crippen LogP) is 2.57. The van der Waals surface area contributed by atoms with Crippen LogP contribution in [0, 0.1) is 0 Å². The minimum absolute atomic E-state index is 0.0583. The number of rotatable bonds is 5. The largest absolute Gasteiger partial charge is 0.477 e. The minimum atomic E-state index is -4.19. The Morgan fingerprint density at radius 1 is 0.926 bits per heavy atom. The van der Waals surface area contributed by atoms with Crippen molar-refractivity contribution >= 4 is 21.9 Å². The number of amides is 1. The molecule has 3 aromatic rings. The van der Waals surface area contributed by atoms with Gasteiger partial charge in [0.2, 0.25) is 0 Å². The summed E-state index contributed by atoms with van der Waals surface area (Å²) in [6, 6.07) is 17.4. The molecule has 0 aliphatic rings. The molecule has 7 nitrogen and oxygen atoms in total. The maximum Gasteiger partial charge on any atom is 0.354 e. The number of benzene rings is 2. The standard InChI is InChI=1S/C19H14N2O5S/c22-18(14-10-11-20-16(12-14)19(23)24)21-27(25,26)17-9-5-4-8-15(17)13-6-2-1-3-7-13/h1-12H,(H,21,22)(H,23,24). The van der Waals surface area contributed by atoms with E-state index >= 15 is 0 Å². The van der Waals surface area contributed by atoms with E-state index in [4.69, 9.17) is 5.11 Å². The first-order chi connectivity index (χ1) is 12.9. The van der Waals surface area contributed by atoms with E-state index in [1.54, 1.807) is 42.5 Å². The number of nitrogens with zero attached hydrogens (tertiary/aromatic N) is 1. The summed E-state index contributed by atoms with van der Waals surface area (Å²) in [6.45, 7) is 0. The minimum Gasteiger partial charge on any atom is -0.477 e. The first-order valence-corrected chi connectivity index (χ1v) is 9.28. The van der Waals surface area contributed by atoms with Crippen molar-refractivity contribution in [2.75, 3.05) is 0 Å². The van der Waals surface area contributed by atoms with Crippen LogP contribution in [0.5, 0.6) is 0 Å². The zero-order chi connectivity index (χ0) is 19.4. The predicted molar refractivity (Wildman–Crippen MR) is 97.7 cm³/mol. The number of hydrogen-bond acceptors (Lipinski definition) is 5. The van der Waals surface area contributed by atoms with Crippen LogP contribution >= 0.6 is 0 Å². The Bertz CT molecular complexity index is 1110. The van der Waals surface area contributed by atoms with Gasteiger partial charge in [-0.3, -0.25) is 4.79 Å². The summed E-state index contributed by atoms with van der Waals surface area (Å²) >= 11 is 0. The number of carboxylic acid groups (broad SMARTS) is 1. The Morgan fingerprint density at radius 3 is 2.30 bits per heavy atom. The molecule has 0 atom stereocenters. The van der Waals surface area contributed by atoms with Crippen molar-refractivity contribution in [2.45, 2.75) is 4.90 Å². The molecule has 1 amide bonds. The van der Waals surface area contributed by atoms with Gasteiger partial charge in [-0.05, 0) is 23.8 Å². The Balaban J connectivity index is 1.96. The van der Waals surface area contributed by atoms with Crippen LogP contribution in [0.15, 0.2) is 77.8 Å². The number of carboxylic acids is 1. The molecule has 0 aliphatic carbocycles. The number of aromatic carboxylic acids is 1. The van der Waals surface area contributed by atoms with Gasteiger partial charge in [-0.2, -0.15) is 0 Å². The van der Waals surface area contributed by atoms with E-state index < -0.39 is 21.9 Å². The molecular weight excluding hydrogens is 368 g/mol. The monoisotopic (exact) mass is 382 g/mol. The molecule has 0 spiro atoms. The van der Waals surface area contributed by atoms with Crippen LogP contribution in [0.25, 0.3) is 11.1 Å². The maximum absolute atomic E-state index is 12.8. The van der Waals surface area contributed by atoms with Crippen LogP contribution in [0.1, 0.15) is 20.8 Å². The fourth-order valence-corrected chi connectivity index (χ4v) is 3.69. The molecular formula is C19H14N2O5S. The molecule has 27 heavy (non-hydrogen) atoms. The molecule has 0 unspecified atom stereocenters. The number of carbonyl (C=O) groups is 2. The van der Waals surface area contributed by atoms with E-state index in [2.05, 4.69) is 4.98 Å². The van der Waals surface area contributed by atoms with Gasteiger partial charge in [-0.25, -0.2) is 22.9 Å². The van der Waals surface area contributed by atoms with Crippen molar-refractivity contribution in [1.29, 1.82) is 0 Å². The third-order valence-corrected chi connectivity index (χ3v) is 5.12. The second kappa shape index (κ2) is 7.38. The molecule has 0 bridgehead atoms. The highest BCUT2D eigenvalue weighted by Gasteiger charge is 2.23. The van der Waals surface area contributed by atoms with E-state index in [9.17, 15) is 18.0 Å². The molecule has 136 valence electrons. The van der Waals surface area contributed by atoms with Gasteiger partial charge in [0, 0.05) is 17.3 Å². The lowest BCUT2D eigenvalue weighted by molar-refractivity contribution is 0.0690. The summed E-state index contributed by atoms with van der Waals surface area (Å²) in [5.74, 6) is -2.26. The molecule has 2 aromatic carbocycles. The third kappa shape index (κ3) is 4.01. The molecule has 0 aliphatic heterocycles. The summed E-state index contributed by atoms with van der Waals surface area (Å²) in [4.78, 5) is 26.9. The van der Waals surface area contributed by atoms with E-state index in [1.165, 1.54) is 12.1 Å². The van der Waals surface area contributed by atoms with Crippen molar-refractivity contribution in [3.05, 3.63) is 84.2 Å². The van der Waals surface area contributed by atoms with Crippen LogP contribution in [0.4, 0.5) is 0 Å². The smallest absolute Gasteiger partial charge is 0.354 e. The van der Waals surface area contributed by atoms with Crippen LogP contribution in [0.2, 0.25) is 0 Å². The summed E-state index contributed by atoms with van der Waals surface area (Å²) in [5, 5.41) is 8.95. The third-order valence-electron chi connectivity index (χ3n) is 3.73. The number of pyridine rings is 1. The van der Waals surface area contributed by atoms with Gasteiger partial charge in [0.15, 0.2) is 0 Å². The second-order valence-electron chi connectivity index (χ2n) is 5.53. The molecule has 0 saturated carbocycles. The van der Waals surface area contributed by atoms with Gasteiger partial charge in [0.05, 0.1) is 4.90 Å². The first-order valence-electron chi connectivity index (χ1n) is 7.79. The SMILES string of the molecule is O=C(NS(=O)(=O)c1ccccc1-c1ccccc1)c1ccnc(C(=O)O)c1. The number of hydrogen-bond donors (Lipinski definition) is 2. The Kier molecular flexibility index (Phi) is 5.00. The highest BCUT2D eigenvalue weighted by atomic mass is 32.2. The molecule has 1 heterocycles. The number of sulfonamides is 1. The molecule has 2 N–H and O–H groups in total. The van der Waals surface area contributed by atoms with Gasteiger partial charge in [-0.15, -0.1) is 0 Å². The van der Waals surface area contributed by atoms with Crippen LogP contribution in [0.3, 0.4) is 0 Å². The van der Waals surface area contributed by atoms with Gasteiger partial charge in [0.25, 0.3) is 15.9 Å². The fraction of sp³-hybridized carbons (Fsp3) is 0. The Morgan fingerprint density at radius 2 is 1.59 bits per heavy atom. The highest BCUT2D eigenvalue weighted by Crippen LogP contribution is 2.27. The van der Waals surface area contributed by atoms with Crippen LogP contribution < -0.4 is 4.72 Å². The van der Waals surface area contributed by atoms with E-state index in [0.29, 0.717) is 11.1 Å². The van der Waals surface area contributed by atoms with Gasteiger partial charge in [-0.1, -0.05) is 48.5 Å². The zero-order valence-corrected chi connectivity index (χ0v) is 14.7. The number of carbonyl (C=O) groups excluding carboxylic acids is 1. The molecule has 3 rings (SSSR count). The van der Waals surface area contributed by atoms with Crippen LogP contribution in [-0.2, 0) is 10.0 Å². The van der Waals surface area contributed by atoms with Crippen molar-refractivity contribution < 1.29 is 23.1 Å². The molecule has 0 saturated heterocycles. The summed E-state index contributed by atoms with van der Waals surface area (Å²) in [7, 11) is -4.19. The van der Waals surface area contributed by atoms with Crippen LogP contribution in [-0.4, -0.2) is 30.4 Å². The molecule has 8 heteroatoms. The second-order valence-corrected chi connectivity index (χ2v) is 7.18. The lowest BCUT2D eigenvalue weighted by atomic mass is 10.1. The van der Waals surface area contributed by atoms with Gasteiger partial charge >= 0.3 is 5.97 Å². The summed E-state index contributed by atoms with van der Waals surface area (Å²) < 4.78 is 27.5. The van der Waals surface area contributed by atoms with E-state index in [0.717, 1.165) is 12.3 Å². The van der Waals surface area contributed by atoms with Crippen molar-refractivity contribution in [3.63, 3.8) is 0 Å². The summed E-state index contributed by atoms with van der Waals surface area (Å²) in [5.41, 5.74) is 0.648.